The van der Waals surface area contributed by atoms with Crippen LogP contribution in [0.4, 0.5) is 17.2 Å². The van der Waals surface area contributed by atoms with Gasteiger partial charge in [0.1, 0.15) is 11.6 Å². The summed E-state index contributed by atoms with van der Waals surface area (Å²) in [4.78, 5) is 16.5. The Morgan fingerprint density at radius 1 is 1.10 bits per heavy atom. The number of anilines is 3. The van der Waals surface area contributed by atoms with Crippen LogP contribution in [0.3, 0.4) is 0 Å². The number of sulfonamides is 1. The summed E-state index contributed by atoms with van der Waals surface area (Å²) in [6.07, 6.45) is 2.34. The summed E-state index contributed by atoms with van der Waals surface area (Å²) < 4.78 is 32.8. The van der Waals surface area contributed by atoms with Crippen molar-refractivity contribution < 1.29 is 17.9 Å². The molecule has 2 aromatic carbocycles. The molecule has 0 aliphatic carbocycles. The molecule has 8 nitrogen and oxygen atoms in total. The van der Waals surface area contributed by atoms with E-state index in [-0.39, 0.29) is 16.6 Å². The molecule has 3 rings (SSSR count). The number of carbonyl (C=O) groups is 1. The number of hydrogen-bond acceptors (Lipinski definition) is 6. The first-order chi connectivity index (χ1) is 14.4. The number of hydrogen-bond donors (Lipinski definition) is 3. The number of nitrogens with one attached hydrogen (secondary N) is 2. The molecule has 0 radical (unpaired) electrons. The lowest BCUT2D eigenvalue weighted by molar-refractivity contribution is 0.102. The van der Waals surface area contributed by atoms with Crippen molar-refractivity contribution in [3.8, 4) is 5.75 Å². The van der Waals surface area contributed by atoms with Gasteiger partial charge in [-0.1, -0.05) is 13.0 Å². The van der Waals surface area contributed by atoms with E-state index >= 15 is 0 Å². The highest BCUT2D eigenvalue weighted by Gasteiger charge is 2.15. The Balaban J connectivity index is 1.68. The fourth-order valence-electron chi connectivity index (χ4n) is 2.57. The first-order valence-electron chi connectivity index (χ1n) is 9.26. The first kappa shape index (κ1) is 21.1. The predicted octanol–water partition coefficient (Wildman–Crippen LogP) is 3.51. The number of aromatic nitrogens is 1. The standard InChI is InChI=1S/C21H22N4O4S/c1-2-13-29-19-11-6-15(14-18(19)22)21(26)24-16-7-9-17(10-8-16)30(27,28)25-20-5-3-4-12-23-20/h3-12,14H,2,13,22H2,1H3,(H,23,25)(H,24,26). The zero-order valence-electron chi connectivity index (χ0n) is 16.3. The Morgan fingerprint density at radius 3 is 2.50 bits per heavy atom. The third-order valence-corrected chi connectivity index (χ3v) is 5.43. The van der Waals surface area contributed by atoms with Crippen molar-refractivity contribution in [2.45, 2.75) is 18.2 Å². The van der Waals surface area contributed by atoms with Gasteiger partial charge in [0.25, 0.3) is 15.9 Å². The summed E-state index contributed by atoms with van der Waals surface area (Å²) in [5, 5.41) is 2.71. The van der Waals surface area contributed by atoms with Crippen molar-refractivity contribution in [3.63, 3.8) is 0 Å². The number of nitrogens with two attached hydrogens (primary N) is 1. The van der Waals surface area contributed by atoms with Gasteiger partial charge in [-0.2, -0.15) is 0 Å². The average Bonchev–Trinajstić information content (AvgIpc) is 2.73. The zero-order valence-corrected chi connectivity index (χ0v) is 17.1. The molecule has 0 unspecified atom stereocenters. The minimum absolute atomic E-state index is 0.0489. The van der Waals surface area contributed by atoms with Crippen LogP contribution in [-0.2, 0) is 10.0 Å². The summed E-state index contributed by atoms with van der Waals surface area (Å²) in [5.74, 6) is 0.383. The van der Waals surface area contributed by atoms with E-state index in [1.54, 1.807) is 30.3 Å². The van der Waals surface area contributed by atoms with Gasteiger partial charge in [-0.25, -0.2) is 13.4 Å². The van der Waals surface area contributed by atoms with Crippen LogP contribution in [0, 0.1) is 0 Å². The van der Waals surface area contributed by atoms with E-state index in [0.29, 0.717) is 29.3 Å². The van der Waals surface area contributed by atoms with Gasteiger partial charge in [-0.15, -0.1) is 0 Å². The largest absolute Gasteiger partial charge is 0.491 e. The Kier molecular flexibility index (Phi) is 6.53. The highest BCUT2D eigenvalue weighted by molar-refractivity contribution is 7.92. The van der Waals surface area contributed by atoms with Crippen LogP contribution in [-0.4, -0.2) is 25.9 Å². The molecule has 0 atom stereocenters. The van der Waals surface area contributed by atoms with Crippen molar-refractivity contribution in [1.29, 1.82) is 0 Å². The molecular formula is C21H22N4O4S. The number of amides is 1. The summed E-state index contributed by atoms with van der Waals surface area (Å²) in [6, 6.07) is 15.5. The third kappa shape index (κ3) is 5.26. The lowest BCUT2D eigenvalue weighted by atomic mass is 10.1. The van der Waals surface area contributed by atoms with Crippen LogP contribution >= 0.6 is 0 Å². The summed E-state index contributed by atoms with van der Waals surface area (Å²) in [6.45, 7) is 2.53. The molecule has 4 N–H and O–H groups in total. The Hall–Kier alpha value is -3.59. The number of rotatable bonds is 8. The maximum absolute atomic E-state index is 12.5. The number of carbonyl (C=O) groups excluding carboxylic acids is 1. The van der Waals surface area contributed by atoms with Crippen LogP contribution in [0.5, 0.6) is 5.75 Å². The van der Waals surface area contributed by atoms with Gasteiger partial charge >= 0.3 is 0 Å². The van der Waals surface area contributed by atoms with Gasteiger partial charge in [-0.05, 0) is 61.0 Å². The molecule has 0 spiro atoms. The smallest absolute Gasteiger partial charge is 0.263 e. The molecule has 0 aliphatic heterocycles. The van der Waals surface area contributed by atoms with E-state index in [0.717, 1.165) is 6.42 Å². The SMILES string of the molecule is CCCOc1ccc(C(=O)Nc2ccc(S(=O)(=O)Nc3ccccn3)cc2)cc1N. The van der Waals surface area contributed by atoms with Gasteiger partial charge in [0.2, 0.25) is 0 Å². The van der Waals surface area contributed by atoms with Crippen LogP contribution < -0.4 is 20.5 Å². The van der Waals surface area contributed by atoms with Crippen molar-refractivity contribution in [1.82, 2.24) is 4.98 Å². The minimum Gasteiger partial charge on any atom is -0.491 e. The number of benzene rings is 2. The highest BCUT2D eigenvalue weighted by atomic mass is 32.2. The van der Waals surface area contributed by atoms with Crippen molar-refractivity contribution in [2.75, 3.05) is 22.4 Å². The molecule has 3 aromatic rings. The lowest BCUT2D eigenvalue weighted by Crippen LogP contribution is -2.15. The summed E-state index contributed by atoms with van der Waals surface area (Å²) in [5.41, 5.74) is 7.13. The zero-order chi connectivity index (χ0) is 21.6. The quantitative estimate of drug-likeness (QED) is 0.474. The van der Waals surface area contributed by atoms with E-state index < -0.39 is 10.0 Å². The molecule has 156 valence electrons. The number of pyridine rings is 1. The molecule has 0 bridgehead atoms. The van der Waals surface area contributed by atoms with Gasteiger partial charge in [0.05, 0.1) is 17.2 Å². The van der Waals surface area contributed by atoms with Crippen molar-refractivity contribution in [2.24, 2.45) is 0 Å². The van der Waals surface area contributed by atoms with Gasteiger partial charge in [-0.3, -0.25) is 9.52 Å². The van der Waals surface area contributed by atoms with Crippen molar-refractivity contribution >= 4 is 33.1 Å². The average molecular weight is 426 g/mol. The highest BCUT2D eigenvalue weighted by Crippen LogP contribution is 2.24. The third-order valence-electron chi connectivity index (χ3n) is 4.06. The Bertz CT molecular complexity index is 1120. The Morgan fingerprint density at radius 2 is 1.87 bits per heavy atom. The van der Waals surface area contributed by atoms with E-state index in [4.69, 9.17) is 10.5 Å². The summed E-state index contributed by atoms with van der Waals surface area (Å²) in [7, 11) is -3.78. The van der Waals surface area contributed by atoms with Crippen LogP contribution in [0.15, 0.2) is 71.8 Å². The Labute approximate surface area is 175 Å². The second-order valence-electron chi connectivity index (χ2n) is 6.40. The van der Waals surface area contributed by atoms with Crippen molar-refractivity contribution in [3.05, 3.63) is 72.4 Å². The minimum atomic E-state index is -3.78. The van der Waals surface area contributed by atoms with E-state index in [9.17, 15) is 13.2 Å². The number of nitrogen functional groups attached to an aromatic ring is 1. The number of nitrogens with zero attached hydrogens (tertiary/aromatic N) is 1. The van der Waals surface area contributed by atoms with Gasteiger partial charge < -0.3 is 15.8 Å². The molecule has 1 heterocycles. The second-order valence-corrected chi connectivity index (χ2v) is 8.08. The fraction of sp³-hybridized carbons (Fsp3) is 0.143. The molecule has 0 fully saturated rings. The van der Waals surface area contributed by atoms with Gasteiger partial charge in [0, 0.05) is 17.4 Å². The van der Waals surface area contributed by atoms with Crippen LogP contribution in [0.1, 0.15) is 23.7 Å². The second kappa shape index (κ2) is 9.27. The molecule has 1 aromatic heterocycles. The van der Waals surface area contributed by atoms with Crippen LogP contribution in [0.25, 0.3) is 0 Å². The maximum Gasteiger partial charge on any atom is 0.263 e. The number of ether oxygens (including phenoxy) is 1. The molecule has 1 amide bonds. The van der Waals surface area contributed by atoms with E-state index in [1.807, 2.05) is 6.92 Å². The lowest BCUT2D eigenvalue weighted by Gasteiger charge is -2.11. The monoisotopic (exact) mass is 426 g/mol. The first-order valence-corrected chi connectivity index (χ1v) is 10.7. The molecule has 0 aliphatic rings. The molecule has 9 heteroatoms. The molecule has 0 saturated heterocycles. The van der Waals surface area contributed by atoms with E-state index in [2.05, 4.69) is 15.0 Å². The predicted molar refractivity (Wildman–Crippen MR) is 116 cm³/mol. The topological polar surface area (TPSA) is 123 Å². The van der Waals surface area contributed by atoms with Crippen LogP contribution in [0.2, 0.25) is 0 Å². The fourth-order valence-corrected chi connectivity index (χ4v) is 3.58. The van der Waals surface area contributed by atoms with E-state index in [1.165, 1.54) is 36.5 Å². The summed E-state index contributed by atoms with van der Waals surface area (Å²) >= 11 is 0. The molecular weight excluding hydrogens is 404 g/mol. The van der Waals surface area contributed by atoms with Gasteiger partial charge in [0.15, 0.2) is 0 Å². The molecule has 0 saturated carbocycles. The maximum atomic E-state index is 12.5. The molecule has 30 heavy (non-hydrogen) atoms. The normalized spacial score (nSPS) is 11.0.